The van der Waals surface area contributed by atoms with Gasteiger partial charge in [-0.3, -0.25) is 14.4 Å². The first-order chi connectivity index (χ1) is 9.47. The molecule has 1 aliphatic heterocycles. The van der Waals surface area contributed by atoms with Crippen LogP contribution in [-0.2, 0) is 22.7 Å². The second-order valence-corrected chi connectivity index (χ2v) is 4.54. The molecule has 0 fully saturated rings. The zero-order chi connectivity index (χ0) is 14.7. The van der Waals surface area contributed by atoms with Crippen LogP contribution in [0.3, 0.4) is 0 Å². The van der Waals surface area contributed by atoms with Crippen molar-refractivity contribution < 1.29 is 24.6 Å². The number of carbonyl (C=O) groups is 3. The van der Waals surface area contributed by atoms with Crippen molar-refractivity contribution in [1.82, 2.24) is 10.2 Å². The van der Waals surface area contributed by atoms with Crippen molar-refractivity contribution in [3.05, 3.63) is 34.9 Å². The number of carboxylic acid groups (broad SMARTS) is 2. The van der Waals surface area contributed by atoms with Crippen molar-refractivity contribution in [2.75, 3.05) is 13.1 Å². The first-order valence-corrected chi connectivity index (χ1v) is 6.03. The summed E-state index contributed by atoms with van der Waals surface area (Å²) in [6.45, 7) is 0.104. The summed E-state index contributed by atoms with van der Waals surface area (Å²) in [7, 11) is 0. The molecule has 1 aromatic rings. The van der Waals surface area contributed by atoms with E-state index in [1.807, 2.05) is 0 Å². The van der Waals surface area contributed by atoms with Crippen molar-refractivity contribution in [2.24, 2.45) is 0 Å². The number of nitrogens with zero attached hydrogens (tertiary/aromatic N) is 1. The van der Waals surface area contributed by atoms with Crippen molar-refractivity contribution >= 4 is 17.8 Å². The number of nitrogens with one attached hydrogen (secondary N) is 1. The fraction of sp³-hybridized carbons (Fsp3) is 0.308. The summed E-state index contributed by atoms with van der Waals surface area (Å²) in [6, 6.07) is 5.06. The number of hydrogen-bond acceptors (Lipinski definition) is 4. The quantitative estimate of drug-likeness (QED) is 0.694. The molecule has 0 spiro atoms. The van der Waals surface area contributed by atoms with Crippen LogP contribution in [0.5, 0.6) is 0 Å². The van der Waals surface area contributed by atoms with Gasteiger partial charge in [-0.1, -0.05) is 6.07 Å². The van der Waals surface area contributed by atoms with E-state index in [-0.39, 0.29) is 0 Å². The highest BCUT2D eigenvalue weighted by atomic mass is 16.4. The lowest BCUT2D eigenvalue weighted by atomic mass is 10.1. The Morgan fingerprint density at radius 2 is 1.65 bits per heavy atom. The molecule has 20 heavy (non-hydrogen) atoms. The first-order valence-electron chi connectivity index (χ1n) is 6.03. The minimum Gasteiger partial charge on any atom is -0.480 e. The fourth-order valence-corrected chi connectivity index (χ4v) is 2.14. The van der Waals surface area contributed by atoms with E-state index in [9.17, 15) is 14.4 Å². The zero-order valence-corrected chi connectivity index (χ0v) is 10.6. The maximum atomic E-state index is 12.2. The molecule has 0 unspecified atom stereocenters. The Balaban J connectivity index is 2.22. The van der Waals surface area contributed by atoms with E-state index in [1.165, 1.54) is 0 Å². The molecule has 1 amide bonds. The third-order valence-corrected chi connectivity index (χ3v) is 3.02. The number of hydrogen-bond donors (Lipinski definition) is 3. The van der Waals surface area contributed by atoms with Gasteiger partial charge in [0.15, 0.2) is 0 Å². The van der Waals surface area contributed by atoms with E-state index in [1.54, 1.807) is 18.2 Å². The van der Waals surface area contributed by atoms with Crippen molar-refractivity contribution in [2.45, 2.75) is 13.1 Å². The predicted octanol–water partition coefficient (Wildman–Crippen LogP) is -0.0988. The minimum atomic E-state index is -1.25. The second-order valence-electron chi connectivity index (χ2n) is 4.54. The van der Waals surface area contributed by atoms with Gasteiger partial charge >= 0.3 is 11.9 Å². The van der Waals surface area contributed by atoms with Crippen LogP contribution in [0.25, 0.3) is 0 Å². The Morgan fingerprint density at radius 3 is 2.25 bits per heavy atom. The monoisotopic (exact) mass is 278 g/mol. The molecule has 0 radical (unpaired) electrons. The summed E-state index contributed by atoms with van der Waals surface area (Å²) in [5.74, 6) is -3.09. The minimum absolute atomic E-state index is 0.301. The van der Waals surface area contributed by atoms with Gasteiger partial charge in [0.2, 0.25) is 0 Å². The molecule has 1 aliphatic rings. The summed E-state index contributed by atoms with van der Waals surface area (Å²) in [4.78, 5) is 34.4. The third kappa shape index (κ3) is 3.12. The Bertz CT molecular complexity index is 554. The van der Waals surface area contributed by atoms with Crippen molar-refractivity contribution in [1.29, 1.82) is 0 Å². The smallest absolute Gasteiger partial charge is 0.323 e. The maximum absolute atomic E-state index is 12.2. The molecule has 7 heteroatoms. The van der Waals surface area contributed by atoms with Crippen molar-refractivity contribution in [3.63, 3.8) is 0 Å². The molecular formula is C13H14N2O5. The Labute approximate surface area is 114 Å². The Morgan fingerprint density at radius 1 is 1.05 bits per heavy atom. The summed E-state index contributed by atoms with van der Waals surface area (Å²) in [5, 5.41) is 20.6. The average Bonchev–Trinajstić information content (AvgIpc) is 2.83. The van der Waals surface area contributed by atoms with E-state index in [0.717, 1.165) is 22.6 Å². The molecule has 0 aliphatic carbocycles. The molecule has 7 nitrogen and oxygen atoms in total. The first kappa shape index (κ1) is 14.0. The van der Waals surface area contributed by atoms with Crippen LogP contribution in [0.4, 0.5) is 0 Å². The van der Waals surface area contributed by atoms with Crippen LogP contribution < -0.4 is 5.32 Å². The van der Waals surface area contributed by atoms with Gasteiger partial charge < -0.3 is 20.4 Å². The molecule has 0 bridgehead atoms. The van der Waals surface area contributed by atoms with Gasteiger partial charge in [-0.15, -0.1) is 0 Å². The summed E-state index contributed by atoms with van der Waals surface area (Å²) < 4.78 is 0. The highest BCUT2D eigenvalue weighted by Crippen LogP contribution is 2.18. The van der Waals surface area contributed by atoms with E-state index in [2.05, 4.69) is 5.32 Å². The van der Waals surface area contributed by atoms with Crippen molar-refractivity contribution in [3.8, 4) is 0 Å². The fourth-order valence-electron chi connectivity index (χ4n) is 2.14. The third-order valence-electron chi connectivity index (χ3n) is 3.02. The van der Waals surface area contributed by atoms with Gasteiger partial charge in [-0.25, -0.2) is 0 Å². The largest absolute Gasteiger partial charge is 0.480 e. The second kappa shape index (κ2) is 5.70. The number of carbonyl (C=O) groups excluding carboxylic acids is 1. The lowest BCUT2D eigenvalue weighted by Crippen LogP contribution is -2.39. The van der Waals surface area contributed by atoms with Gasteiger partial charge in [0.25, 0.3) is 5.91 Å². The van der Waals surface area contributed by atoms with Crippen LogP contribution in [0.15, 0.2) is 18.2 Å². The summed E-state index contributed by atoms with van der Waals surface area (Å²) >= 11 is 0. The number of rotatable bonds is 5. The van der Waals surface area contributed by atoms with Crippen LogP contribution in [0.2, 0.25) is 0 Å². The summed E-state index contributed by atoms with van der Waals surface area (Å²) in [5.41, 5.74) is 2.36. The maximum Gasteiger partial charge on any atom is 0.323 e. The number of carboxylic acids is 2. The topological polar surface area (TPSA) is 107 Å². The SMILES string of the molecule is O=C(O)CN(CC(=O)O)C(=O)c1ccc2c(c1)CNC2. The molecule has 106 valence electrons. The van der Waals surface area contributed by atoms with Gasteiger partial charge in [0.05, 0.1) is 0 Å². The molecule has 0 saturated heterocycles. The standard InChI is InChI=1S/C13H14N2O5/c16-11(17)6-15(7-12(18)19)13(20)8-1-2-9-4-14-5-10(9)3-8/h1-3,14H,4-7H2,(H,16,17)(H,18,19). The molecular weight excluding hydrogens is 264 g/mol. The summed E-state index contributed by atoms with van der Waals surface area (Å²) in [6.07, 6.45) is 0. The van der Waals surface area contributed by atoms with Crippen LogP contribution in [0.1, 0.15) is 21.5 Å². The van der Waals surface area contributed by atoms with E-state index in [4.69, 9.17) is 10.2 Å². The molecule has 1 heterocycles. The highest BCUT2D eigenvalue weighted by Gasteiger charge is 2.22. The van der Waals surface area contributed by atoms with Crippen LogP contribution in [0, 0.1) is 0 Å². The number of aliphatic carboxylic acids is 2. The van der Waals surface area contributed by atoms with Gasteiger partial charge in [0.1, 0.15) is 13.1 Å². The normalized spacial score (nSPS) is 12.8. The number of amides is 1. The Hall–Kier alpha value is -2.41. The zero-order valence-electron chi connectivity index (χ0n) is 10.6. The Kier molecular flexibility index (Phi) is 3.99. The van der Waals surface area contributed by atoms with E-state index < -0.39 is 30.9 Å². The van der Waals surface area contributed by atoms with Crippen LogP contribution >= 0.6 is 0 Å². The van der Waals surface area contributed by atoms with Gasteiger partial charge in [-0.2, -0.15) is 0 Å². The molecule has 3 N–H and O–H groups in total. The van der Waals surface area contributed by atoms with Crippen LogP contribution in [-0.4, -0.2) is 46.0 Å². The van der Waals surface area contributed by atoms with Gasteiger partial charge in [0, 0.05) is 18.7 Å². The molecule has 0 saturated carbocycles. The van der Waals surface area contributed by atoms with E-state index in [0.29, 0.717) is 12.1 Å². The van der Waals surface area contributed by atoms with Gasteiger partial charge in [-0.05, 0) is 23.3 Å². The molecule has 0 atom stereocenters. The number of benzene rings is 1. The molecule has 0 aromatic heterocycles. The number of fused-ring (bicyclic) bond motifs is 1. The van der Waals surface area contributed by atoms with E-state index >= 15 is 0 Å². The lowest BCUT2D eigenvalue weighted by Gasteiger charge is -2.18. The average molecular weight is 278 g/mol. The molecule has 1 aromatic carbocycles. The highest BCUT2D eigenvalue weighted by molar-refractivity contribution is 5.97. The lowest BCUT2D eigenvalue weighted by molar-refractivity contribution is -0.140. The predicted molar refractivity (Wildman–Crippen MR) is 68.2 cm³/mol. The molecule has 2 rings (SSSR count).